The van der Waals surface area contributed by atoms with Crippen molar-refractivity contribution in [3.63, 3.8) is 0 Å². The van der Waals surface area contributed by atoms with E-state index in [0.717, 1.165) is 4.90 Å². The van der Waals surface area contributed by atoms with Crippen LogP contribution in [0.1, 0.15) is 18.1 Å². The normalized spacial score (nSPS) is 14.3. The number of hydrogen-bond donors (Lipinski definition) is 2. The van der Waals surface area contributed by atoms with Gasteiger partial charge in [0.05, 0.1) is 23.0 Å². The van der Waals surface area contributed by atoms with E-state index in [-0.39, 0.29) is 45.6 Å². The number of anilines is 2. The average Bonchev–Trinajstić information content (AvgIpc) is 2.89. The van der Waals surface area contributed by atoms with Gasteiger partial charge >= 0.3 is 6.03 Å². The highest BCUT2D eigenvalue weighted by Crippen LogP contribution is 2.38. The summed E-state index contributed by atoms with van der Waals surface area (Å²) >= 11 is 12.5. The second-order valence-corrected chi connectivity index (χ2v) is 9.31. The van der Waals surface area contributed by atoms with Crippen LogP contribution in [0.15, 0.2) is 60.2 Å². The molecular weight excluding hydrogens is 564 g/mol. The Bertz CT molecular complexity index is 1560. The van der Waals surface area contributed by atoms with Gasteiger partial charge < -0.3 is 14.8 Å². The van der Waals surface area contributed by atoms with E-state index in [1.165, 1.54) is 42.5 Å². The Labute approximate surface area is 238 Å². The first kappa shape index (κ1) is 28.6. The Morgan fingerprint density at radius 3 is 2.55 bits per heavy atom. The number of hydrogen-bond acceptors (Lipinski definition) is 6. The largest absolute Gasteiger partial charge is 0.490 e. The van der Waals surface area contributed by atoms with Crippen LogP contribution >= 0.6 is 23.2 Å². The number of halogens is 3. The third-order valence-corrected chi connectivity index (χ3v) is 6.17. The highest BCUT2D eigenvalue weighted by atomic mass is 35.5. The molecule has 1 saturated heterocycles. The summed E-state index contributed by atoms with van der Waals surface area (Å²) in [5.41, 5.74) is 0.746. The molecular formula is C28H22Cl2FN3O6. The molecule has 0 saturated carbocycles. The molecule has 1 aliphatic heterocycles. The van der Waals surface area contributed by atoms with E-state index < -0.39 is 36.2 Å². The summed E-state index contributed by atoms with van der Waals surface area (Å²) < 4.78 is 25.0. The van der Waals surface area contributed by atoms with Gasteiger partial charge in [0, 0.05) is 5.02 Å². The highest BCUT2D eigenvalue weighted by Gasteiger charge is 2.37. The molecule has 206 valence electrons. The van der Waals surface area contributed by atoms with Crippen molar-refractivity contribution >= 4 is 64.4 Å². The predicted molar refractivity (Wildman–Crippen MR) is 148 cm³/mol. The fraction of sp³-hybridized carbons (Fsp3) is 0.143. The van der Waals surface area contributed by atoms with Gasteiger partial charge in [-0.3, -0.25) is 19.7 Å². The van der Waals surface area contributed by atoms with Crippen molar-refractivity contribution in [3.8, 4) is 11.5 Å². The molecule has 0 aromatic heterocycles. The maximum atomic E-state index is 13.8. The molecule has 0 aliphatic carbocycles. The molecule has 0 spiro atoms. The smallest absolute Gasteiger partial charge is 0.335 e. The van der Waals surface area contributed by atoms with E-state index in [9.17, 15) is 23.6 Å². The average molecular weight is 586 g/mol. The summed E-state index contributed by atoms with van der Waals surface area (Å²) in [6.07, 6.45) is 1.25. The maximum Gasteiger partial charge on any atom is 0.335 e. The molecule has 5 amide bonds. The van der Waals surface area contributed by atoms with Crippen LogP contribution in [0.4, 0.5) is 20.6 Å². The van der Waals surface area contributed by atoms with Crippen LogP contribution in [0.5, 0.6) is 11.5 Å². The zero-order valence-corrected chi connectivity index (χ0v) is 22.7. The maximum absolute atomic E-state index is 13.8. The number of carbonyl (C=O) groups is 4. The molecule has 0 radical (unpaired) electrons. The minimum atomic E-state index is -0.914. The molecule has 9 nitrogen and oxygen atoms in total. The van der Waals surface area contributed by atoms with Gasteiger partial charge in [0.2, 0.25) is 0 Å². The highest BCUT2D eigenvalue weighted by molar-refractivity contribution is 6.40. The van der Waals surface area contributed by atoms with Gasteiger partial charge in [-0.1, -0.05) is 41.4 Å². The summed E-state index contributed by atoms with van der Waals surface area (Å²) in [6, 6.07) is 12.3. The fourth-order valence-corrected chi connectivity index (χ4v) is 4.27. The van der Waals surface area contributed by atoms with E-state index in [1.54, 1.807) is 32.0 Å². The van der Waals surface area contributed by atoms with Crippen molar-refractivity contribution < 1.29 is 33.0 Å². The Balaban J connectivity index is 1.61. The molecule has 3 aromatic carbocycles. The molecule has 2 N–H and O–H groups in total. The van der Waals surface area contributed by atoms with Crippen LogP contribution in [-0.2, 0) is 14.4 Å². The first-order valence-electron chi connectivity index (χ1n) is 11.9. The molecule has 0 atom stereocenters. The zero-order valence-electron chi connectivity index (χ0n) is 21.2. The molecule has 12 heteroatoms. The first-order chi connectivity index (χ1) is 19.1. The minimum absolute atomic E-state index is 0.00915. The summed E-state index contributed by atoms with van der Waals surface area (Å²) in [5, 5.41) is 4.87. The lowest BCUT2D eigenvalue weighted by Crippen LogP contribution is -2.54. The molecule has 1 fully saturated rings. The molecule has 4 rings (SSSR count). The van der Waals surface area contributed by atoms with Crippen molar-refractivity contribution in [2.75, 3.05) is 23.4 Å². The van der Waals surface area contributed by atoms with Crippen molar-refractivity contribution in [1.82, 2.24) is 5.32 Å². The second-order valence-electron chi connectivity index (χ2n) is 8.47. The van der Waals surface area contributed by atoms with Crippen LogP contribution in [0.25, 0.3) is 6.08 Å². The van der Waals surface area contributed by atoms with E-state index >= 15 is 0 Å². The number of nitrogens with zero attached hydrogens (tertiary/aromatic N) is 1. The first-order valence-corrected chi connectivity index (χ1v) is 12.7. The number of para-hydroxylation sites is 1. The van der Waals surface area contributed by atoms with E-state index in [4.69, 9.17) is 32.7 Å². The van der Waals surface area contributed by atoms with Gasteiger partial charge in [-0.25, -0.2) is 14.1 Å². The van der Waals surface area contributed by atoms with E-state index in [2.05, 4.69) is 10.6 Å². The molecule has 1 heterocycles. The summed E-state index contributed by atoms with van der Waals surface area (Å²) in [4.78, 5) is 51.6. The lowest BCUT2D eigenvalue weighted by atomic mass is 10.1. The molecule has 1 aliphatic rings. The minimum Gasteiger partial charge on any atom is -0.490 e. The number of carbonyl (C=O) groups excluding carboxylic acids is 4. The van der Waals surface area contributed by atoms with Gasteiger partial charge in [-0.2, -0.15) is 0 Å². The standard InChI is InChI=1S/C28H22Cl2FN3O6/c1-3-39-23-12-16(11-19(30)25(23)40-14-24(35)32-21-7-5-4-6-20(21)31)10-18-26(36)33-28(38)34(27(18)37)22-13-17(29)9-8-15(22)2/h4-13H,3,14H2,1-2H3,(H,32,35)(H,33,36,38)/b18-10+. The van der Waals surface area contributed by atoms with Crippen LogP contribution in [-0.4, -0.2) is 37.0 Å². The second kappa shape index (κ2) is 12.2. The van der Waals surface area contributed by atoms with Crippen LogP contribution in [0.2, 0.25) is 10.0 Å². The van der Waals surface area contributed by atoms with Gasteiger partial charge in [-0.15, -0.1) is 0 Å². The number of amides is 5. The molecule has 0 bridgehead atoms. The summed E-state index contributed by atoms with van der Waals surface area (Å²) in [6.45, 7) is 3.09. The number of ether oxygens (including phenoxy) is 2. The van der Waals surface area contributed by atoms with Gasteiger partial charge in [0.15, 0.2) is 18.1 Å². The van der Waals surface area contributed by atoms with Gasteiger partial charge in [0.25, 0.3) is 17.7 Å². The Morgan fingerprint density at radius 2 is 1.82 bits per heavy atom. The lowest BCUT2D eigenvalue weighted by molar-refractivity contribution is -0.122. The monoisotopic (exact) mass is 585 g/mol. The third kappa shape index (κ3) is 6.24. The topological polar surface area (TPSA) is 114 Å². The Kier molecular flexibility index (Phi) is 8.71. The Hall–Kier alpha value is -4.41. The van der Waals surface area contributed by atoms with Crippen LogP contribution < -0.4 is 25.0 Å². The number of nitrogens with one attached hydrogen (secondary N) is 2. The number of rotatable bonds is 8. The summed E-state index contributed by atoms with van der Waals surface area (Å²) in [7, 11) is 0. The van der Waals surface area contributed by atoms with Crippen molar-refractivity contribution in [3.05, 3.63) is 87.2 Å². The van der Waals surface area contributed by atoms with E-state index in [0.29, 0.717) is 10.6 Å². The van der Waals surface area contributed by atoms with Crippen molar-refractivity contribution in [1.29, 1.82) is 0 Å². The third-order valence-electron chi connectivity index (χ3n) is 5.65. The molecule has 0 unspecified atom stereocenters. The number of aryl methyl sites for hydroxylation is 1. The van der Waals surface area contributed by atoms with Crippen LogP contribution in [0, 0.1) is 12.7 Å². The van der Waals surface area contributed by atoms with Crippen molar-refractivity contribution in [2.45, 2.75) is 13.8 Å². The predicted octanol–water partition coefficient (Wildman–Crippen LogP) is 5.52. The van der Waals surface area contributed by atoms with Gasteiger partial charge in [0.1, 0.15) is 11.4 Å². The quantitative estimate of drug-likeness (QED) is 0.265. The van der Waals surface area contributed by atoms with Gasteiger partial charge in [-0.05, 0) is 67.4 Å². The zero-order chi connectivity index (χ0) is 29.0. The number of benzene rings is 3. The van der Waals surface area contributed by atoms with E-state index in [1.807, 2.05) is 0 Å². The molecule has 3 aromatic rings. The van der Waals surface area contributed by atoms with Crippen molar-refractivity contribution in [2.24, 2.45) is 0 Å². The number of barbiturate groups is 1. The fourth-order valence-electron chi connectivity index (χ4n) is 3.83. The Morgan fingerprint density at radius 1 is 1.07 bits per heavy atom. The summed E-state index contributed by atoms with van der Waals surface area (Å²) in [5.74, 6) is -2.85. The van der Waals surface area contributed by atoms with Crippen LogP contribution in [0.3, 0.4) is 0 Å². The molecule has 40 heavy (non-hydrogen) atoms. The number of imide groups is 2. The SMILES string of the molecule is CCOc1cc(/C=C2\C(=O)NC(=O)N(c3cc(Cl)ccc3C)C2=O)cc(Cl)c1OCC(=O)Nc1ccccc1F. The number of urea groups is 1. The lowest BCUT2D eigenvalue weighted by Gasteiger charge is -2.27.